The zero-order valence-electron chi connectivity index (χ0n) is 18.4. The van der Waals surface area contributed by atoms with Crippen LogP contribution in [0.15, 0.2) is 54.6 Å². The van der Waals surface area contributed by atoms with Gasteiger partial charge in [-0.15, -0.1) is 0 Å². The summed E-state index contributed by atoms with van der Waals surface area (Å²) in [6.45, 7) is 0.898. The molecule has 0 atom stereocenters. The van der Waals surface area contributed by atoms with Crippen LogP contribution in [0.3, 0.4) is 0 Å². The minimum atomic E-state index is -0.241. The van der Waals surface area contributed by atoms with Crippen molar-refractivity contribution in [3.05, 3.63) is 82.9 Å². The van der Waals surface area contributed by atoms with Gasteiger partial charge in [-0.25, -0.2) is 8.78 Å². The molecular weight excluding hydrogens is 390 g/mol. The molecular formula is C28H32F2O. The van der Waals surface area contributed by atoms with Gasteiger partial charge in [0.05, 0.1) is 0 Å². The zero-order chi connectivity index (χ0) is 21.6. The van der Waals surface area contributed by atoms with E-state index < -0.39 is 0 Å². The number of fused-ring (bicyclic) bond motifs is 1. The summed E-state index contributed by atoms with van der Waals surface area (Å²) < 4.78 is 33.4. The monoisotopic (exact) mass is 422 g/mol. The predicted octanol–water partition coefficient (Wildman–Crippen LogP) is 7.29. The maximum absolute atomic E-state index is 15.1. The van der Waals surface area contributed by atoms with Gasteiger partial charge in [-0.1, -0.05) is 55.3 Å². The molecule has 1 saturated carbocycles. The second-order valence-electron chi connectivity index (χ2n) is 9.10. The fraction of sp³-hybridized carbons (Fsp3) is 0.429. The summed E-state index contributed by atoms with van der Waals surface area (Å²) in [6, 6.07) is 16.6. The van der Waals surface area contributed by atoms with Crippen LogP contribution in [0.2, 0.25) is 0 Å². The average molecular weight is 423 g/mol. The van der Waals surface area contributed by atoms with Gasteiger partial charge in [-0.3, -0.25) is 0 Å². The van der Waals surface area contributed by atoms with E-state index in [1.807, 2.05) is 18.2 Å². The third-order valence-corrected chi connectivity index (χ3v) is 6.90. The Balaban J connectivity index is 1.36. The largest absolute Gasteiger partial charge is 0.384 e. The van der Waals surface area contributed by atoms with Gasteiger partial charge in [0.15, 0.2) is 0 Å². The maximum atomic E-state index is 15.1. The Kier molecular flexibility index (Phi) is 7.34. The van der Waals surface area contributed by atoms with Crippen LogP contribution in [0.5, 0.6) is 0 Å². The van der Waals surface area contributed by atoms with E-state index in [9.17, 15) is 4.39 Å². The van der Waals surface area contributed by atoms with E-state index in [2.05, 4.69) is 12.1 Å². The molecule has 31 heavy (non-hydrogen) atoms. The van der Waals surface area contributed by atoms with Gasteiger partial charge in [0.2, 0.25) is 0 Å². The fourth-order valence-corrected chi connectivity index (χ4v) is 4.96. The molecule has 0 heterocycles. The molecule has 3 heteroatoms. The predicted molar refractivity (Wildman–Crippen MR) is 123 cm³/mol. The highest BCUT2D eigenvalue weighted by molar-refractivity contribution is 5.84. The van der Waals surface area contributed by atoms with Crippen molar-refractivity contribution in [1.29, 1.82) is 0 Å². The summed E-state index contributed by atoms with van der Waals surface area (Å²) in [6.07, 6.45) is 8.74. The number of aryl methyl sites for hydroxylation is 3. The number of methoxy groups -OCH3 is 1. The first-order chi connectivity index (χ1) is 15.1. The molecule has 0 unspecified atom stereocenters. The number of halogens is 2. The molecule has 0 spiro atoms. The van der Waals surface area contributed by atoms with Crippen LogP contribution in [-0.4, -0.2) is 13.7 Å². The van der Waals surface area contributed by atoms with Crippen LogP contribution in [0.4, 0.5) is 8.78 Å². The molecule has 0 radical (unpaired) electrons. The van der Waals surface area contributed by atoms with Crippen molar-refractivity contribution in [3.63, 3.8) is 0 Å². The smallest absolute Gasteiger partial charge is 0.134 e. The molecule has 0 aromatic heterocycles. The summed E-state index contributed by atoms with van der Waals surface area (Å²) in [5.41, 5.74) is 3.04. The lowest BCUT2D eigenvalue weighted by molar-refractivity contribution is 0.117. The Morgan fingerprint density at radius 2 is 1.48 bits per heavy atom. The van der Waals surface area contributed by atoms with Gasteiger partial charge in [0.25, 0.3) is 0 Å². The molecule has 3 aromatic carbocycles. The van der Waals surface area contributed by atoms with Crippen molar-refractivity contribution in [2.75, 3.05) is 13.7 Å². The number of benzene rings is 3. The van der Waals surface area contributed by atoms with Crippen LogP contribution in [0.1, 0.15) is 48.8 Å². The molecule has 0 N–H and O–H groups in total. The lowest BCUT2D eigenvalue weighted by Crippen LogP contribution is -2.18. The number of hydrogen-bond donors (Lipinski definition) is 0. The van der Waals surface area contributed by atoms with Gasteiger partial charge in [0, 0.05) is 19.1 Å². The van der Waals surface area contributed by atoms with Crippen LogP contribution in [0, 0.1) is 23.5 Å². The zero-order valence-corrected chi connectivity index (χ0v) is 18.4. The van der Waals surface area contributed by atoms with Gasteiger partial charge < -0.3 is 4.74 Å². The molecule has 1 nitrogen and oxygen atoms in total. The standard InChI is InChI=1S/C28H32F2O/c1-31-19-23-6-3-20(4-7-23)2-5-22-11-17-27-25(18-22)14-13-24(28(27)30)12-8-21-9-15-26(29)16-10-21/h9-11,13-18,20,23H,2-8,12,19H2,1H3. The molecule has 3 aromatic rings. The van der Waals surface area contributed by atoms with Gasteiger partial charge >= 0.3 is 0 Å². The normalized spacial score (nSPS) is 19.1. The molecule has 0 amide bonds. The second-order valence-corrected chi connectivity index (χ2v) is 9.10. The number of ether oxygens (including phenoxy) is 1. The lowest BCUT2D eigenvalue weighted by Gasteiger charge is -2.28. The van der Waals surface area contributed by atoms with Crippen LogP contribution < -0.4 is 0 Å². The van der Waals surface area contributed by atoms with Gasteiger partial charge in [0.1, 0.15) is 11.6 Å². The highest BCUT2D eigenvalue weighted by Gasteiger charge is 2.21. The second kappa shape index (κ2) is 10.4. The van der Waals surface area contributed by atoms with E-state index in [4.69, 9.17) is 4.74 Å². The molecule has 0 aliphatic heterocycles. The summed E-state index contributed by atoms with van der Waals surface area (Å²) in [7, 11) is 1.79. The minimum Gasteiger partial charge on any atom is -0.384 e. The molecule has 1 aliphatic carbocycles. The van der Waals surface area contributed by atoms with Crippen LogP contribution in [0.25, 0.3) is 10.8 Å². The van der Waals surface area contributed by atoms with Crippen molar-refractivity contribution in [3.8, 4) is 0 Å². The van der Waals surface area contributed by atoms with Crippen molar-refractivity contribution < 1.29 is 13.5 Å². The summed E-state index contributed by atoms with van der Waals surface area (Å²) in [5.74, 6) is 1.18. The van der Waals surface area contributed by atoms with E-state index >= 15 is 4.39 Å². The van der Waals surface area contributed by atoms with Crippen molar-refractivity contribution >= 4 is 10.8 Å². The first-order valence-corrected chi connectivity index (χ1v) is 11.6. The highest BCUT2D eigenvalue weighted by atomic mass is 19.1. The molecule has 0 saturated heterocycles. The molecule has 1 fully saturated rings. The molecule has 1 aliphatic rings. The third kappa shape index (κ3) is 5.71. The van der Waals surface area contributed by atoms with Gasteiger partial charge in [-0.2, -0.15) is 0 Å². The molecule has 0 bridgehead atoms. The quantitative estimate of drug-likeness (QED) is 0.370. The Hall–Kier alpha value is -2.26. The Morgan fingerprint density at radius 3 is 2.23 bits per heavy atom. The maximum Gasteiger partial charge on any atom is 0.134 e. The SMILES string of the molecule is COCC1CCC(CCc2ccc3c(F)c(CCc4ccc(F)cc4)ccc3c2)CC1. The van der Waals surface area contributed by atoms with Gasteiger partial charge in [-0.05, 0) is 84.6 Å². The van der Waals surface area contributed by atoms with Crippen molar-refractivity contribution in [1.82, 2.24) is 0 Å². The highest BCUT2D eigenvalue weighted by Crippen LogP contribution is 2.32. The van der Waals surface area contributed by atoms with Crippen molar-refractivity contribution in [2.24, 2.45) is 11.8 Å². The fourth-order valence-electron chi connectivity index (χ4n) is 4.96. The van der Waals surface area contributed by atoms with E-state index in [-0.39, 0.29) is 11.6 Å². The third-order valence-electron chi connectivity index (χ3n) is 6.90. The van der Waals surface area contributed by atoms with Crippen LogP contribution in [-0.2, 0) is 24.0 Å². The summed E-state index contributed by atoms with van der Waals surface area (Å²) in [5, 5.41) is 1.67. The number of hydrogen-bond acceptors (Lipinski definition) is 1. The van der Waals surface area contributed by atoms with E-state index in [1.54, 1.807) is 19.2 Å². The molecule has 4 rings (SSSR count). The van der Waals surface area contributed by atoms with Crippen molar-refractivity contribution in [2.45, 2.75) is 51.4 Å². The van der Waals surface area contributed by atoms with E-state index in [0.29, 0.717) is 18.2 Å². The molecule has 164 valence electrons. The Bertz CT molecular complexity index is 988. The first kappa shape index (κ1) is 22.0. The van der Waals surface area contributed by atoms with E-state index in [0.717, 1.165) is 41.4 Å². The summed E-state index contributed by atoms with van der Waals surface area (Å²) >= 11 is 0. The first-order valence-electron chi connectivity index (χ1n) is 11.6. The lowest BCUT2D eigenvalue weighted by atomic mass is 9.80. The minimum absolute atomic E-state index is 0.123. The topological polar surface area (TPSA) is 9.23 Å². The number of rotatable bonds is 8. The Morgan fingerprint density at radius 1 is 0.774 bits per heavy atom. The Labute approximate surface area is 184 Å². The van der Waals surface area contributed by atoms with E-state index in [1.165, 1.54) is 49.8 Å². The average Bonchev–Trinajstić information content (AvgIpc) is 2.79. The summed E-state index contributed by atoms with van der Waals surface area (Å²) in [4.78, 5) is 0. The van der Waals surface area contributed by atoms with Crippen LogP contribution >= 0.6 is 0 Å².